The number of carbonyl (C=O) groups excluding carboxylic acids is 1. The average molecular weight is 620 g/mol. The molecule has 0 aromatic heterocycles. The lowest BCUT2D eigenvalue weighted by molar-refractivity contribution is -0.196. The Morgan fingerprint density at radius 3 is 2.45 bits per heavy atom. The molecule has 0 radical (unpaired) electrons. The highest BCUT2D eigenvalue weighted by Gasteiger charge is 2.72. The van der Waals surface area contributed by atoms with Crippen molar-refractivity contribution in [3.63, 3.8) is 0 Å². The molecule has 0 amide bonds. The second-order valence-electron chi connectivity index (χ2n) is 9.34. The van der Waals surface area contributed by atoms with Gasteiger partial charge in [-0.3, -0.25) is 13.5 Å². The number of benzene rings is 1. The summed E-state index contributed by atoms with van der Waals surface area (Å²) in [5.41, 5.74) is -1.57. The van der Waals surface area contributed by atoms with Crippen molar-refractivity contribution >= 4 is 43.5 Å². The number of nitrogens with zero attached hydrogens (tertiary/aromatic N) is 4. The third-order valence-corrected chi connectivity index (χ3v) is 8.50. The molecule has 15 nitrogen and oxygen atoms in total. The van der Waals surface area contributed by atoms with Gasteiger partial charge in [0.2, 0.25) is 5.95 Å². The zero-order chi connectivity index (χ0) is 29.7. The molecule has 218 valence electrons. The van der Waals surface area contributed by atoms with Crippen LogP contribution in [0.4, 0.5) is 5.95 Å². The Labute approximate surface area is 234 Å². The normalized spacial score (nSPS) is 26.1. The zero-order valence-electron chi connectivity index (χ0n) is 21.3. The number of aromatic nitrogens is 4. The van der Waals surface area contributed by atoms with Crippen LogP contribution in [0.15, 0.2) is 36.7 Å². The van der Waals surface area contributed by atoms with E-state index in [2.05, 4.69) is 15.0 Å². The van der Waals surface area contributed by atoms with Crippen molar-refractivity contribution in [1.82, 2.24) is 19.5 Å². The van der Waals surface area contributed by atoms with Crippen molar-refractivity contribution in [2.45, 2.75) is 42.3 Å². The van der Waals surface area contributed by atoms with Crippen LogP contribution < -0.4 is 5.73 Å². The molecule has 18 heteroatoms. The Morgan fingerprint density at radius 2 is 1.88 bits per heavy atom. The van der Waals surface area contributed by atoms with Crippen LogP contribution in [-0.4, -0.2) is 94.4 Å². The van der Waals surface area contributed by atoms with Gasteiger partial charge in [0.25, 0.3) is 10.1 Å². The Kier molecular flexibility index (Phi) is 7.87. The number of esters is 1. The van der Waals surface area contributed by atoms with Gasteiger partial charge in [0.05, 0.1) is 6.26 Å². The van der Waals surface area contributed by atoms with E-state index in [9.17, 15) is 31.8 Å². The molecule has 3 heterocycles. The number of fused-ring (bicyclic) bond motifs is 1. The number of anilines is 1. The maximum absolute atomic E-state index is 12.8. The van der Waals surface area contributed by atoms with Gasteiger partial charge in [-0.25, -0.2) is 18.4 Å². The first-order valence-electron chi connectivity index (χ1n) is 11.5. The lowest BCUT2D eigenvalue weighted by Crippen LogP contribution is -2.67. The van der Waals surface area contributed by atoms with Gasteiger partial charge < -0.3 is 25.4 Å². The number of aliphatic hydroxyl groups excluding tert-OH is 1. The first-order valence-corrected chi connectivity index (χ1v) is 15.6. The summed E-state index contributed by atoms with van der Waals surface area (Å²) >= 11 is 6.57. The zero-order valence-corrected chi connectivity index (χ0v) is 23.7. The smallest absolute Gasteiger partial charge is 0.303 e. The number of nitrogens with two attached hydrogens (primary N) is 1. The Morgan fingerprint density at radius 1 is 1.23 bits per heavy atom. The standard InChI is InChI=1S/C22H26ClN5O10S2/c1-12(29)37-15-18(28-16(23)14-17(26-11-25-14)27-20(28)24)38-22(10-36-40(3,34)35,19(30)39(2,32)33)21(15,31)9-13-7-5-4-6-8-13/h4-8,11,15,18-19,30-31H,9-10H2,1-3H3,(H2,24,25,26,27)/t15-,18+,19?,21-,22+/m0/s1. The highest BCUT2D eigenvalue weighted by Crippen LogP contribution is 2.52. The lowest BCUT2D eigenvalue weighted by Gasteiger charge is -2.43. The third kappa shape index (κ3) is 5.37. The third-order valence-electron chi connectivity index (χ3n) is 6.40. The summed E-state index contributed by atoms with van der Waals surface area (Å²) in [6, 6.07) is 8.03. The number of halogens is 1. The highest BCUT2D eigenvalue weighted by atomic mass is 35.5. The van der Waals surface area contributed by atoms with Gasteiger partial charge >= 0.3 is 5.97 Å². The number of nitrogen functional groups attached to an aromatic ring is 1. The average Bonchev–Trinajstić information content (AvgIpc) is 3.39. The molecule has 3 aliphatic rings. The van der Waals surface area contributed by atoms with Crippen LogP contribution >= 0.6 is 11.6 Å². The first kappa shape index (κ1) is 30.0. The van der Waals surface area contributed by atoms with Crippen molar-refractivity contribution in [1.29, 1.82) is 0 Å². The van der Waals surface area contributed by atoms with E-state index in [1.54, 1.807) is 30.3 Å². The molecule has 4 rings (SSSR count). The number of carbonyl (C=O) groups is 1. The van der Waals surface area contributed by atoms with Crippen LogP contribution in [0.2, 0.25) is 5.15 Å². The predicted octanol–water partition coefficient (Wildman–Crippen LogP) is -0.474. The molecule has 1 aromatic carbocycles. The van der Waals surface area contributed by atoms with Crippen molar-refractivity contribution in [2.75, 3.05) is 24.9 Å². The molecule has 1 aromatic rings. The molecule has 40 heavy (non-hydrogen) atoms. The maximum Gasteiger partial charge on any atom is 0.303 e. The molecule has 0 saturated carbocycles. The molecule has 1 fully saturated rings. The molecule has 3 aliphatic heterocycles. The largest absolute Gasteiger partial charge is 0.454 e. The number of ether oxygens (including phenoxy) is 2. The molecule has 1 unspecified atom stereocenters. The number of rotatable bonds is 9. The van der Waals surface area contributed by atoms with E-state index in [1.165, 1.54) is 0 Å². The fourth-order valence-corrected chi connectivity index (χ4v) is 6.41. The van der Waals surface area contributed by atoms with Crippen molar-refractivity contribution < 1.29 is 45.5 Å². The topological polar surface area (TPSA) is 223 Å². The molecule has 0 bridgehead atoms. The molecule has 4 N–H and O–H groups in total. The van der Waals surface area contributed by atoms with Gasteiger partial charge in [-0.15, -0.1) is 0 Å². The van der Waals surface area contributed by atoms with Crippen LogP contribution in [0.5, 0.6) is 0 Å². The maximum atomic E-state index is 12.8. The lowest BCUT2D eigenvalue weighted by atomic mass is 9.76. The number of imidazole rings is 1. The summed E-state index contributed by atoms with van der Waals surface area (Å²) in [7, 11) is -8.84. The van der Waals surface area contributed by atoms with Gasteiger partial charge in [-0.05, 0) is 5.56 Å². The van der Waals surface area contributed by atoms with Crippen molar-refractivity contribution in [3.05, 3.63) is 47.4 Å². The van der Waals surface area contributed by atoms with E-state index in [0.717, 1.165) is 17.8 Å². The van der Waals surface area contributed by atoms with Gasteiger partial charge in [0.1, 0.15) is 29.4 Å². The summed E-state index contributed by atoms with van der Waals surface area (Å²) in [5, 5.41) is 23.4. The van der Waals surface area contributed by atoms with Crippen LogP contribution in [-0.2, 0) is 44.8 Å². The van der Waals surface area contributed by atoms with Crippen molar-refractivity contribution in [3.8, 4) is 11.5 Å². The second-order valence-corrected chi connectivity index (χ2v) is 13.4. The number of sulfone groups is 1. The highest BCUT2D eigenvalue weighted by molar-refractivity contribution is 7.91. The van der Waals surface area contributed by atoms with Gasteiger partial charge in [-0.1, -0.05) is 41.9 Å². The summed E-state index contributed by atoms with van der Waals surface area (Å²) in [6.45, 7) is -0.207. The number of hydrogen-bond acceptors (Lipinski definition) is 14. The second kappa shape index (κ2) is 10.5. The molecular formula is C22H26ClN5O10S2. The van der Waals surface area contributed by atoms with Crippen LogP contribution in [0.25, 0.3) is 11.5 Å². The van der Waals surface area contributed by atoms with Crippen LogP contribution in [0, 0.1) is 0 Å². The van der Waals surface area contributed by atoms with E-state index < -0.39 is 67.9 Å². The Hall–Kier alpha value is -2.93. The summed E-state index contributed by atoms with van der Waals surface area (Å²) in [5.74, 6) is -1.28. The fourth-order valence-electron chi connectivity index (χ4n) is 4.69. The Balaban J connectivity index is 2.05. The first-order chi connectivity index (χ1) is 18.5. The minimum Gasteiger partial charge on any atom is -0.454 e. The van der Waals surface area contributed by atoms with Gasteiger partial charge in [0, 0.05) is 19.6 Å². The summed E-state index contributed by atoms with van der Waals surface area (Å²) < 4.78 is 67.2. The van der Waals surface area contributed by atoms with Crippen LogP contribution in [0.1, 0.15) is 18.7 Å². The van der Waals surface area contributed by atoms with E-state index >= 15 is 0 Å². The number of hydrogen-bond donors (Lipinski definition) is 3. The van der Waals surface area contributed by atoms with E-state index in [-0.39, 0.29) is 22.6 Å². The van der Waals surface area contributed by atoms with E-state index in [1.807, 2.05) is 0 Å². The molecular weight excluding hydrogens is 594 g/mol. The fraction of sp³-hybridized carbons (Fsp3) is 0.455. The van der Waals surface area contributed by atoms with Crippen molar-refractivity contribution in [2.24, 2.45) is 0 Å². The number of aliphatic hydroxyl groups is 2. The molecule has 0 aliphatic carbocycles. The summed E-state index contributed by atoms with van der Waals surface area (Å²) in [4.78, 5) is 24.4. The minimum atomic E-state index is -4.54. The molecule has 5 atom stereocenters. The van der Waals surface area contributed by atoms with Gasteiger partial charge in [-0.2, -0.15) is 13.4 Å². The Bertz CT molecular complexity index is 1600. The van der Waals surface area contributed by atoms with E-state index in [0.29, 0.717) is 18.1 Å². The monoisotopic (exact) mass is 619 g/mol. The predicted molar refractivity (Wildman–Crippen MR) is 139 cm³/mol. The molecule has 0 spiro atoms. The minimum absolute atomic E-state index is 0.0289. The summed E-state index contributed by atoms with van der Waals surface area (Å²) in [6.07, 6.45) is -1.70. The SMILES string of the molecule is CC(=O)O[C@H]1[C@H](n2c(N)nc3ncnc-3c2Cl)O[C@](COS(C)(=O)=O)(C(O)S(C)(=O)=O)[C@]1(O)Cc1ccccc1. The quantitative estimate of drug-likeness (QED) is 0.156. The van der Waals surface area contributed by atoms with E-state index in [4.69, 9.17) is 31.0 Å². The van der Waals surface area contributed by atoms with Gasteiger partial charge in [0.15, 0.2) is 39.0 Å². The molecule has 1 saturated heterocycles. The van der Waals surface area contributed by atoms with Crippen LogP contribution in [0.3, 0.4) is 0 Å².